The third-order valence-electron chi connectivity index (χ3n) is 5.64. The molecule has 0 spiro atoms. The van der Waals surface area contributed by atoms with Gasteiger partial charge in [-0.15, -0.1) is 0 Å². The molecule has 24 heavy (non-hydrogen) atoms. The van der Waals surface area contributed by atoms with Crippen molar-refractivity contribution >= 4 is 5.43 Å². The van der Waals surface area contributed by atoms with Gasteiger partial charge in [0.05, 0.1) is 0 Å². The van der Waals surface area contributed by atoms with Crippen molar-refractivity contribution in [2.24, 2.45) is 5.92 Å². The molecule has 0 aromatic carbocycles. The minimum atomic E-state index is -1.63. The first-order valence-corrected chi connectivity index (χ1v) is 18.6. The van der Waals surface area contributed by atoms with Crippen LogP contribution < -0.4 is 0 Å². The molecule has 132 valence electrons. The summed E-state index contributed by atoms with van der Waals surface area (Å²) in [5, 5.41) is 0. The van der Waals surface area contributed by atoms with Crippen LogP contribution in [0, 0.1) is 5.92 Å². The molecule has 1 atom stereocenters. The monoisotopic (exact) mass is 418 g/mol. The van der Waals surface area contributed by atoms with Gasteiger partial charge in [-0.05, 0) is 0 Å². The van der Waals surface area contributed by atoms with Crippen molar-refractivity contribution in [1.29, 1.82) is 0 Å². The molecule has 0 aliphatic heterocycles. The third-order valence-corrected chi connectivity index (χ3v) is 23.3. The molecule has 0 N–H and O–H groups in total. The number of allylic oxidation sites excluding steroid dienone is 8. The summed E-state index contributed by atoms with van der Waals surface area (Å²) in [6.07, 6.45) is 16.5. The van der Waals surface area contributed by atoms with Crippen LogP contribution >= 0.6 is 0 Å². The molecule has 0 aromatic rings. The Morgan fingerprint density at radius 3 is 2.33 bits per heavy atom. The second-order valence-electron chi connectivity index (χ2n) is 7.67. The fraction of sp³-hybridized carbons (Fsp3) is 0.636. The SMILES string of the molecule is CCCCC1=C(CCCC)C(C)[C]([Zr]([C]2=CC=CC2)=[Si](C)C)=C1C. The molecular weight excluding hydrogens is 384 g/mol. The summed E-state index contributed by atoms with van der Waals surface area (Å²) in [4.78, 5) is 0. The van der Waals surface area contributed by atoms with Crippen LogP contribution in [0.25, 0.3) is 0 Å². The summed E-state index contributed by atoms with van der Waals surface area (Å²) in [6.45, 7) is 14.9. The van der Waals surface area contributed by atoms with E-state index in [9.17, 15) is 0 Å². The van der Waals surface area contributed by atoms with E-state index < -0.39 is 20.4 Å². The van der Waals surface area contributed by atoms with E-state index in [1.54, 1.807) is 11.1 Å². The summed E-state index contributed by atoms with van der Waals surface area (Å²) in [5.74, 6) is 0.763. The van der Waals surface area contributed by atoms with E-state index in [0.29, 0.717) is 0 Å². The Kier molecular flexibility index (Phi) is 8.21. The first-order chi connectivity index (χ1) is 11.5. The molecule has 0 aromatic heterocycles. The Morgan fingerprint density at radius 1 is 1.12 bits per heavy atom. The fourth-order valence-electron chi connectivity index (χ4n) is 4.40. The van der Waals surface area contributed by atoms with Gasteiger partial charge in [-0.1, -0.05) is 0 Å². The summed E-state index contributed by atoms with van der Waals surface area (Å²) in [7, 11) is 0. The summed E-state index contributed by atoms with van der Waals surface area (Å²) in [5.41, 5.74) is 5.20. The average Bonchev–Trinajstić information content (AvgIpc) is 3.14. The zero-order valence-corrected chi connectivity index (χ0v) is 20.2. The molecule has 2 aliphatic rings. The van der Waals surface area contributed by atoms with Crippen molar-refractivity contribution < 1.29 is 20.4 Å². The Bertz CT molecular complexity index is 624. The average molecular weight is 420 g/mol. The topological polar surface area (TPSA) is 0 Å². The van der Waals surface area contributed by atoms with Crippen LogP contribution in [0.2, 0.25) is 13.1 Å². The maximum absolute atomic E-state index is 2.60. The predicted octanol–water partition coefficient (Wildman–Crippen LogP) is 7.30. The number of hydrogen-bond acceptors (Lipinski definition) is 0. The van der Waals surface area contributed by atoms with Crippen molar-refractivity contribution in [1.82, 2.24) is 0 Å². The van der Waals surface area contributed by atoms with Gasteiger partial charge in [0, 0.05) is 0 Å². The van der Waals surface area contributed by atoms with Crippen molar-refractivity contribution in [3.8, 4) is 0 Å². The molecule has 0 heterocycles. The molecule has 0 saturated heterocycles. The van der Waals surface area contributed by atoms with Gasteiger partial charge in [-0.3, -0.25) is 0 Å². The van der Waals surface area contributed by atoms with Gasteiger partial charge in [0.2, 0.25) is 0 Å². The van der Waals surface area contributed by atoms with E-state index in [-0.39, 0.29) is 5.43 Å². The zero-order chi connectivity index (χ0) is 17.7. The predicted molar refractivity (Wildman–Crippen MR) is 107 cm³/mol. The third kappa shape index (κ3) is 4.42. The van der Waals surface area contributed by atoms with Gasteiger partial charge in [-0.25, -0.2) is 0 Å². The summed E-state index contributed by atoms with van der Waals surface area (Å²) < 4.78 is 3.87. The molecular formula is C22H36SiZr. The molecule has 0 fully saturated rings. The summed E-state index contributed by atoms with van der Waals surface area (Å²) >= 11 is -1.63. The van der Waals surface area contributed by atoms with Crippen LogP contribution in [0.1, 0.15) is 72.6 Å². The van der Waals surface area contributed by atoms with E-state index in [1.807, 2.05) is 12.1 Å². The molecule has 0 saturated carbocycles. The molecule has 0 bridgehead atoms. The van der Waals surface area contributed by atoms with Gasteiger partial charge in [0.25, 0.3) is 0 Å². The van der Waals surface area contributed by atoms with Gasteiger partial charge >= 0.3 is 159 Å². The summed E-state index contributed by atoms with van der Waals surface area (Å²) in [6, 6.07) is 0. The van der Waals surface area contributed by atoms with E-state index in [4.69, 9.17) is 0 Å². The molecule has 0 amide bonds. The Labute approximate surface area is 158 Å². The second-order valence-corrected chi connectivity index (χ2v) is 24.7. The number of unbranched alkanes of at least 4 members (excludes halogenated alkanes) is 2. The Hall–Kier alpha value is 0.0600. The standard InChI is InChI=1S/C15H25.C5H5.C2H6Si.Zr/c1-5-7-9-14-12(3)11-13(4)15(14)10-8-6-2;1-2-4-5-3-1;1-3-2;/h12H,5-10H2,1-4H3;1-3H,4H2;1-2H3;. The van der Waals surface area contributed by atoms with E-state index in [0.717, 1.165) is 5.92 Å². The molecule has 2 heteroatoms. The van der Waals surface area contributed by atoms with Gasteiger partial charge in [-0.2, -0.15) is 0 Å². The second kappa shape index (κ2) is 9.67. The molecule has 1 unspecified atom stereocenters. The zero-order valence-electron chi connectivity index (χ0n) is 16.8. The Morgan fingerprint density at radius 2 is 1.79 bits per heavy atom. The van der Waals surface area contributed by atoms with E-state index >= 15 is 0 Å². The quantitative estimate of drug-likeness (QED) is 0.362. The first kappa shape index (κ1) is 20.4. The first-order valence-electron chi connectivity index (χ1n) is 9.99. The van der Waals surface area contributed by atoms with Crippen LogP contribution in [-0.2, 0) is 20.4 Å². The van der Waals surface area contributed by atoms with Gasteiger partial charge in [0.1, 0.15) is 0 Å². The van der Waals surface area contributed by atoms with Crippen molar-refractivity contribution in [3.63, 3.8) is 0 Å². The Balaban J connectivity index is 2.43. The number of hydrogen-bond donors (Lipinski definition) is 0. The normalized spacial score (nSPS) is 20.2. The van der Waals surface area contributed by atoms with Crippen LogP contribution in [0.4, 0.5) is 0 Å². The minimum absolute atomic E-state index is 0.187. The molecule has 2 rings (SSSR count). The fourth-order valence-corrected chi connectivity index (χ4v) is 22.8. The van der Waals surface area contributed by atoms with Gasteiger partial charge < -0.3 is 0 Å². The van der Waals surface area contributed by atoms with Crippen molar-refractivity contribution in [2.45, 2.75) is 85.7 Å². The maximum atomic E-state index is 2.60. The van der Waals surface area contributed by atoms with Crippen LogP contribution in [0.5, 0.6) is 0 Å². The molecule has 0 radical (unpaired) electrons. The molecule has 2 aliphatic carbocycles. The number of rotatable bonds is 8. The van der Waals surface area contributed by atoms with Crippen LogP contribution in [0.3, 0.4) is 0 Å². The van der Waals surface area contributed by atoms with Crippen molar-refractivity contribution in [3.05, 3.63) is 41.5 Å². The van der Waals surface area contributed by atoms with E-state index in [1.165, 1.54) is 44.9 Å². The van der Waals surface area contributed by atoms with Gasteiger partial charge in [0.15, 0.2) is 0 Å². The van der Waals surface area contributed by atoms with Crippen LogP contribution in [0.15, 0.2) is 41.5 Å². The van der Waals surface area contributed by atoms with E-state index in [2.05, 4.69) is 59.0 Å². The van der Waals surface area contributed by atoms with Crippen molar-refractivity contribution in [2.75, 3.05) is 0 Å². The molecule has 0 nitrogen and oxygen atoms in total. The van der Waals surface area contributed by atoms with Crippen LogP contribution in [-0.4, -0.2) is 5.43 Å².